The maximum atomic E-state index is 12.8. The third kappa shape index (κ3) is 3.87. The molecule has 1 aliphatic carbocycles. The minimum atomic E-state index is -0.421. The van der Waals surface area contributed by atoms with Crippen LogP contribution in [-0.2, 0) is 9.59 Å². The zero-order chi connectivity index (χ0) is 16.9. The normalized spacial score (nSPS) is 20.7. The SMILES string of the molecule is CCC(CC)(CN)C(=O)N1CCN(C(=O)C2CCCCC2)CC1. The number of carbonyl (C=O) groups excluding carboxylic acids is 2. The molecule has 5 nitrogen and oxygen atoms in total. The number of nitrogens with zero attached hydrogens (tertiary/aromatic N) is 2. The first kappa shape index (κ1) is 18.2. The molecule has 0 aromatic heterocycles. The second-order valence-electron chi connectivity index (χ2n) is 7.14. The molecule has 0 unspecified atom stereocenters. The number of piperazine rings is 1. The lowest BCUT2D eigenvalue weighted by molar-refractivity contribution is -0.148. The van der Waals surface area contributed by atoms with Gasteiger partial charge >= 0.3 is 0 Å². The molecule has 0 radical (unpaired) electrons. The molecule has 2 amide bonds. The summed E-state index contributed by atoms with van der Waals surface area (Å²) < 4.78 is 0. The van der Waals surface area contributed by atoms with E-state index >= 15 is 0 Å². The molecule has 0 atom stereocenters. The van der Waals surface area contributed by atoms with Crippen LogP contribution < -0.4 is 5.73 Å². The Morgan fingerprint density at radius 3 is 1.96 bits per heavy atom. The minimum absolute atomic E-state index is 0.176. The topological polar surface area (TPSA) is 66.6 Å². The van der Waals surface area contributed by atoms with E-state index in [9.17, 15) is 9.59 Å². The predicted octanol–water partition coefficient (Wildman–Crippen LogP) is 2.00. The molecular formula is C18H33N3O2. The first-order valence-corrected chi connectivity index (χ1v) is 9.36. The van der Waals surface area contributed by atoms with Crippen molar-refractivity contribution >= 4 is 11.8 Å². The van der Waals surface area contributed by atoms with Gasteiger partial charge in [-0.15, -0.1) is 0 Å². The third-order valence-corrected chi connectivity index (χ3v) is 6.03. The highest BCUT2D eigenvalue weighted by Gasteiger charge is 2.38. The van der Waals surface area contributed by atoms with Gasteiger partial charge in [-0.25, -0.2) is 0 Å². The van der Waals surface area contributed by atoms with E-state index < -0.39 is 5.41 Å². The highest BCUT2D eigenvalue weighted by molar-refractivity contribution is 5.84. The summed E-state index contributed by atoms with van der Waals surface area (Å²) in [4.78, 5) is 29.3. The minimum Gasteiger partial charge on any atom is -0.339 e. The average Bonchev–Trinajstić information content (AvgIpc) is 2.64. The molecule has 0 bridgehead atoms. The van der Waals surface area contributed by atoms with Gasteiger partial charge in [0.05, 0.1) is 5.41 Å². The van der Waals surface area contributed by atoms with E-state index in [0.717, 1.165) is 25.7 Å². The zero-order valence-corrected chi connectivity index (χ0v) is 14.9. The Labute approximate surface area is 140 Å². The van der Waals surface area contributed by atoms with Gasteiger partial charge in [-0.3, -0.25) is 9.59 Å². The number of nitrogens with two attached hydrogens (primary N) is 1. The van der Waals surface area contributed by atoms with E-state index in [1.165, 1.54) is 19.3 Å². The summed E-state index contributed by atoms with van der Waals surface area (Å²) in [6, 6.07) is 0. The molecule has 2 fully saturated rings. The second-order valence-corrected chi connectivity index (χ2v) is 7.14. The quantitative estimate of drug-likeness (QED) is 0.841. The van der Waals surface area contributed by atoms with E-state index in [4.69, 9.17) is 5.73 Å². The second kappa shape index (κ2) is 8.13. The standard InChI is InChI=1S/C18H33N3O2/c1-3-18(4-2,14-19)17(23)21-12-10-20(11-13-21)16(22)15-8-6-5-7-9-15/h15H,3-14,19H2,1-2H3. The molecule has 1 aliphatic heterocycles. The molecule has 0 aromatic rings. The number of rotatable bonds is 5. The van der Waals surface area contributed by atoms with Crippen molar-refractivity contribution in [1.29, 1.82) is 0 Å². The van der Waals surface area contributed by atoms with Crippen LogP contribution in [0.15, 0.2) is 0 Å². The number of hydrogen-bond donors (Lipinski definition) is 1. The first-order valence-electron chi connectivity index (χ1n) is 9.36. The van der Waals surface area contributed by atoms with Crippen LogP contribution in [0.1, 0.15) is 58.8 Å². The smallest absolute Gasteiger partial charge is 0.230 e. The van der Waals surface area contributed by atoms with Crippen LogP contribution in [-0.4, -0.2) is 54.3 Å². The molecule has 1 heterocycles. The van der Waals surface area contributed by atoms with Crippen LogP contribution in [0.25, 0.3) is 0 Å². The Kier molecular flexibility index (Phi) is 6.45. The fraction of sp³-hybridized carbons (Fsp3) is 0.889. The molecule has 5 heteroatoms. The lowest BCUT2D eigenvalue weighted by atomic mass is 9.80. The molecule has 2 aliphatic rings. The lowest BCUT2D eigenvalue weighted by Crippen LogP contribution is -2.56. The van der Waals surface area contributed by atoms with Gasteiger partial charge in [-0.05, 0) is 25.7 Å². The van der Waals surface area contributed by atoms with Crippen LogP contribution in [0.5, 0.6) is 0 Å². The third-order valence-electron chi connectivity index (χ3n) is 6.03. The summed E-state index contributed by atoms with van der Waals surface area (Å²) in [7, 11) is 0. The maximum Gasteiger partial charge on any atom is 0.230 e. The largest absolute Gasteiger partial charge is 0.339 e. The van der Waals surface area contributed by atoms with E-state index in [-0.39, 0.29) is 11.8 Å². The first-order chi connectivity index (χ1) is 11.1. The van der Waals surface area contributed by atoms with Gasteiger partial charge in [0.1, 0.15) is 0 Å². The van der Waals surface area contributed by atoms with Crippen molar-refractivity contribution in [3.63, 3.8) is 0 Å². The van der Waals surface area contributed by atoms with E-state index in [2.05, 4.69) is 0 Å². The summed E-state index contributed by atoms with van der Waals surface area (Å²) in [6.07, 6.45) is 7.27. The molecule has 1 saturated heterocycles. The van der Waals surface area contributed by atoms with Crippen molar-refractivity contribution in [2.24, 2.45) is 17.1 Å². The van der Waals surface area contributed by atoms with Crippen LogP contribution in [0, 0.1) is 11.3 Å². The number of carbonyl (C=O) groups is 2. The predicted molar refractivity (Wildman–Crippen MR) is 91.8 cm³/mol. The summed E-state index contributed by atoms with van der Waals surface area (Å²) >= 11 is 0. The van der Waals surface area contributed by atoms with Gasteiger partial charge in [-0.2, -0.15) is 0 Å². The summed E-state index contributed by atoms with van der Waals surface area (Å²) in [5.74, 6) is 0.711. The number of amides is 2. The van der Waals surface area contributed by atoms with E-state index in [0.29, 0.717) is 38.6 Å². The average molecular weight is 323 g/mol. The number of hydrogen-bond acceptors (Lipinski definition) is 3. The van der Waals surface area contributed by atoms with Crippen LogP contribution >= 0.6 is 0 Å². The Morgan fingerprint density at radius 2 is 1.48 bits per heavy atom. The Morgan fingerprint density at radius 1 is 0.957 bits per heavy atom. The lowest BCUT2D eigenvalue weighted by Gasteiger charge is -2.41. The maximum absolute atomic E-state index is 12.8. The van der Waals surface area contributed by atoms with E-state index in [1.807, 2.05) is 23.6 Å². The van der Waals surface area contributed by atoms with Gasteiger partial charge in [0.15, 0.2) is 0 Å². The molecule has 132 valence electrons. The summed E-state index contributed by atoms with van der Waals surface area (Å²) in [5.41, 5.74) is 5.48. The molecule has 2 rings (SSSR count). The van der Waals surface area contributed by atoms with Crippen molar-refractivity contribution in [2.45, 2.75) is 58.8 Å². The molecule has 2 N–H and O–H groups in total. The molecule has 0 aromatic carbocycles. The Bertz CT molecular complexity index is 398. The summed E-state index contributed by atoms with van der Waals surface area (Å²) in [5, 5.41) is 0. The Balaban J connectivity index is 1.90. The summed E-state index contributed by atoms with van der Waals surface area (Å²) in [6.45, 7) is 7.14. The van der Waals surface area contributed by atoms with Gasteiger partial charge < -0.3 is 15.5 Å². The van der Waals surface area contributed by atoms with E-state index in [1.54, 1.807) is 0 Å². The molecule has 0 spiro atoms. The van der Waals surface area contributed by atoms with Crippen molar-refractivity contribution in [1.82, 2.24) is 9.80 Å². The highest BCUT2D eigenvalue weighted by Crippen LogP contribution is 2.29. The van der Waals surface area contributed by atoms with Crippen LogP contribution in [0.3, 0.4) is 0 Å². The highest BCUT2D eigenvalue weighted by atomic mass is 16.2. The van der Waals surface area contributed by atoms with Crippen LogP contribution in [0.2, 0.25) is 0 Å². The van der Waals surface area contributed by atoms with Gasteiger partial charge in [0.2, 0.25) is 11.8 Å². The van der Waals surface area contributed by atoms with Gasteiger partial charge in [0, 0.05) is 38.6 Å². The Hall–Kier alpha value is -1.10. The zero-order valence-electron chi connectivity index (χ0n) is 14.9. The molecule has 1 saturated carbocycles. The van der Waals surface area contributed by atoms with Crippen molar-refractivity contribution in [2.75, 3.05) is 32.7 Å². The monoisotopic (exact) mass is 323 g/mol. The fourth-order valence-corrected chi connectivity index (χ4v) is 4.00. The van der Waals surface area contributed by atoms with Crippen LogP contribution in [0.4, 0.5) is 0 Å². The molecular weight excluding hydrogens is 290 g/mol. The van der Waals surface area contributed by atoms with Crippen molar-refractivity contribution in [3.8, 4) is 0 Å². The van der Waals surface area contributed by atoms with Crippen molar-refractivity contribution in [3.05, 3.63) is 0 Å². The van der Waals surface area contributed by atoms with Gasteiger partial charge in [0.25, 0.3) is 0 Å². The fourth-order valence-electron chi connectivity index (χ4n) is 4.00. The molecule has 23 heavy (non-hydrogen) atoms. The van der Waals surface area contributed by atoms with Crippen molar-refractivity contribution < 1.29 is 9.59 Å². The van der Waals surface area contributed by atoms with Gasteiger partial charge in [-0.1, -0.05) is 33.1 Å².